The summed E-state index contributed by atoms with van der Waals surface area (Å²) in [5.74, 6) is -0.738. The predicted octanol–water partition coefficient (Wildman–Crippen LogP) is 5.56. The highest BCUT2D eigenvalue weighted by Crippen LogP contribution is 2.28. The smallest absolute Gasteiger partial charge is 0.323 e. The molecule has 0 spiro atoms. The van der Waals surface area contributed by atoms with E-state index in [0.717, 1.165) is 37.2 Å². The molecule has 1 saturated heterocycles. The van der Waals surface area contributed by atoms with Gasteiger partial charge in [-0.1, -0.05) is 42.5 Å². The van der Waals surface area contributed by atoms with Gasteiger partial charge in [0.05, 0.1) is 17.3 Å². The Morgan fingerprint density at radius 2 is 1.61 bits per heavy atom. The van der Waals surface area contributed by atoms with E-state index in [2.05, 4.69) is 20.9 Å². The van der Waals surface area contributed by atoms with E-state index in [-0.39, 0.29) is 17.6 Å². The number of para-hydroxylation sites is 1. The van der Waals surface area contributed by atoms with Crippen LogP contribution in [0.4, 0.5) is 26.2 Å². The van der Waals surface area contributed by atoms with Crippen LogP contribution in [0.15, 0.2) is 72.8 Å². The fourth-order valence-corrected chi connectivity index (χ4v) is 3.98. The lowest BCUT2D eigenvalue weighted by Gasteiger charge is -2.23. The number of hydrogen-bond donors (Lipinski definition) is 3. The van der Waals surface area contributed by atoms with Crippen LogP contribution in [-0.2, 0) is 0 Å². The lowest BCUT2D eigenvalue weighted by molar-refractivity contribution is 0.0940. The monoisotopic (exact) mass is 446 g/mol. The molecule has 0 saturated carbocycles. The van der Waals surface area contributed by atoms with E-state index in [1.54, 1.807) is 24.3 Å². The third-order valence-corrected chi connectivity index (χ3v) is 5.72. The van der Waals surface area contributed by atoms with Crippen LogP contribution in [0, 0.1) is 5.82 Å². The highest BCUT2D eigenvalue weighted by Gasteiger charge is 2.22. The van der Waals surface area contributed by atoms with Crippen molar-refractivity contribution in [2.24, 2.45) is 0 Å². The molecule has 1 atom stereocenters. The van der Waals surface area contributed by atoms with Crippen molar-refractivity contribution in [2.75, 3.05) is 28.6 Å². The van der Waals surface area contributed by atoms with Crippen molar-refractivity contribution in [3.63, 3.8) is 0 Å². The molecular weight excluding hydrogens is 419 g/mol. The quantitative estimate of drug-likeness (QED) is 0.464. The fraction of sp³-hybridized carbons (Fsp3) is 0.231. The minimum absolute atomic E-state index is 0.0818. The Labute approximate surface area is 192 Å². The number of nitrogens with zero attached hydrogens (tertiary/aromatic N) is 1. The zero-order valence-electron chi connectivity index (χ0n) is 18.5. The average molecular weight is 447 g/mol. The summed E-state index contributed by atoms with van der Waals surface area (Å²) in [6, 6.07) is 20.2. The summed E-state index contributed by atoms with van der Waals surface area (Å²) in [5.41, 5.74) is 2.86. The maximum absolute atomic E-state index is 13.8. The van der Waals surface area contributed by atoms with E-state index in [1.807, 2.05) is 43.3 Å². The normalized spacial score (nSPS) is 13.9. The molecule has 3 aromatic carbocycles. The Bertz CT molecular complexity index is 1130. The zero-order chi connectivity index (χ0) is 23.2. The molecule has 1 fully saturated rings. The van der Waals surface area contributed by atoms with Crippen molar-refractivity contribution in [1.29, 1.82) is 0 Å². The van der Waals surface area contributed by atoms with E-state index in [0.29, 0.717) is 11.3 Å². The van der Waals surface area contributed by atoms with Gasteiger partial charge < -0.3 is 20.9 Å². The topological polar surface area (TPSA) is 73.5 Å². The Morgan fingerprint density at radius 1 is 0.909 bits per heavy atom. The van der Waals surface area contributed by atoms with Gasteiger partial charge in [0.2, 0.25) is 0 Å². The van der Waals surface area contributed by atoms with Crippen LogP contribution in [0.25, 0.3) is 0 Å². The highest BCUT2D eigenvalue weighted by atomic mass is 19.1. The van der Waals surface area contributed by atoms with Crippen LogP contribution in [0.1, 0.15) is 41.7 Å². The Morgan fingerprint density at radius 3 is 2.33 bits per heavy atom. The number of nitrogens with one attached hydrogen (secondary N) is 3. The lowest BCUT2D eigenvalue weighted by atomic mass is 10.1. The molecule has 0 radical (unpaired) electrons. The molecule has 0 bridgehead atoms. The van der Waals surface area contributed by atoms with Crippen molar-refractivity contribution >= 4 is 29.0 Å². The van der Waals surface area contributed by atoms with E-state index in [1.165, 1.54) is 12.1 Å². The minimum atomic E-state index is -0.585. The van der Waals surface area contributed by atoms with Crippen LogP contribution >= 0.6 is 0 Å². The first-order valence-corrected chi connectivity index (χ1v) is 11.1. The number of carbonyl (C=O) groups excluding carboxylic acids is 2. The van der Waals surface area contributed by atoms with Crippen molar-refractivity contribution in [2.45, 2.75) is 25.8 Å². The number of anilines is 3. The average Bonchev–Trinajstić information content (AvgIpc) is 3.36. The second-order valence-electron chi connectivity index (χ2n) is 8.09. The number of rotatable bonds is 6. The number of benzene rings is 3. The molecular formula is C26H27FN4O2. The summed E-state index contributed by atoms with van der Waals surface area (Å²) in [6.45, 7) is 3.71. The second-order valence-corrected chi connectivity index (χ2v) is 8.09. The molecule has 7 heteroatoms. The number of hydrogen-bond acceptors (Lipinski definition) is 3. The standard InChI is InChI=1S/C26H27FN4O2/c1-18(19-9-3-2-4-10-19)28-25(32)21-17-20(13-14-24(21)31-15-7-8-16-31)29-26(33)30-23-12-6-5-11-22(23)27/h2-6,9-14,17-18H,7-8,15-16H2,1H3,(H,28,32)(H2,29,30,33). The first-order chi connectivity index (χ1) is 16.0. The molecule has 1 heterocycles. The van der Waals surface area contributed by atoms with Crippen LogP contribution in [0.5, 0.6) is 0 Å². The van der Waals surface area contributed by atoms with E-state index in [4.69, 9.17) is 0 Å². The summed E-state index contributed by atoms with van der Waals surface area (Å²) < 4.78 is 13.8. The molecule has 1 aliphatic heterocycles. The summed E-state index contributed by atoms with van der Waals surface area (Å²) in [4.78, 5) is 27.9. The van der Waals surface area contributed by atoms with Crippen LogP contribution in [0.3, 0.4) is 0 Å². The van der Waals surface area contributed by atoms with Gasteiger partial charge in [0.1, 0.15) is 5.82 Å². The molecule has 3 aromatic rings. The minimum Gasteiger partial charge on any atom is -0.371 e. The number of amides is 3. The van der Waals surface area contributed by atoms with Crippen molar-refractivity contribution < 1.29 is 14.0 Å². The second kappa shape index (κ2) is 10.2. The number of urea groups is 1. The molecule has 6 nitrogen and oxygen atoms in total. The molecule has 0 aromatic heterocycles. The van der Waals surface area contributed by atoms with Gasteiger partial charge in [-0.15, -0.1) is 0 Å². The van der Waals surface area contributed by atoms with Gasteiger partial charge in [-0.25, -0.2) is 9.18 Å². The summed E-state index contributed by atoms with van der Waals surface area (Å²) in [7, 11) is 0. The van der Waals surface area contributed by atoms with Gasteiger partial charge >= 0.3 is 6.03 Å². The predicted molar refractivity (Wildman–Crippen MR) is 129 cm³/mol. The van der Waals surface area contributed by atoms with Crippen LogP contribution in [0.2, 0.25) is 0 Å². The molecule has 1 unspecified atom stereocenters. The largest absolute Gasteiger partial charge is 0.371 e. The highest BCUT2D eigenvalue weighted by molar-refractivity contribution is 6.04. The van der Waals surface area contributed by atoms with Gasteiger partial charge in [-0.05, 0) is 55.7 Å². The number of halogens is 1. The maximum Gasteiger partial charge on any atom is 0.323 e. The summed E-state index contributed by atoms with van der Waals surface area (Å²) in [6.07, 6.45) is 2.15. The molecule has 1 aliphatic rings. The molecule has 3 amide bonds. The molecule has 33 heavy (non-hydrogen) atoms. The zero-order valence-corrected chi connectivity index (χ0v) is 18.5. The Hall–Kier alpha value is -3.87. The van der Waals surface area contributed by atoms with Gasteiger partial charge in [-0.2, -0.15) is 0 Å². The summed E-state index contributed by atoms with van der Waals surface area (Å²) >= 11 is 0. The van der Waals surface area contributed by atoms with Crippen LogP contribution in [-0.4, -0.2) is 25.0 Å². The van der Waals surface area contributed by atoms with Gasteiger partial charge in [0.25, 0.3) is 5.91 Å². The number of carbonyl (C=O) groups is 2. The lowest BCUT2D eigenvalue weighted by Crippen LogP contribution is -2.30. The van der Waals surface area contributed by atoms with Gasteiger partial charge in [0, 0.05) is 24.5 Å². The third kappa shape index (κ3) is 5.49. The van der Waals surface area contributed by atoms with Crippen molar-refractivity contribution in [3.05, 3.63) is 89.7 Å². The van der Waals surface area contributed by atoms with Crippen molar-refractivity contribution in [3.8, 4) is 0 Å². The van der Waals surface area contributed by atoms with E-state index >= 15 is 0 Å². The molecule has 4 rings (SSSR count). The first-order valence-electron chi connectivity index (χ1n) is 11.1. The van der Waals surface area contributed by atoms with Crippen molar-refractivity contribution in [1.82, 2.24) is 5.32 Å². The van der Waals surface area contributed by atoms with Crippen LogP contribution < -0.4 is 20.9 Å². The third-order valence-electron chi connectivity index (χ3n) is 5.72. The molecule has 0 aliphatic carbocycles. The molecule has 3 N–H and O–H groups in total. The van der Waals surface area contributed by atoms with E-state index < -0.39 is 11.8 Å². The fourth-order valence-electron chi connectivity index (χ4n) is 3.98. The molecule has 170 valence electrons. The van der Waals surface area contributed by atoms with Gasteiger partial charge in [0.15, 0.2) is 0 Å². The Balaban J connectivity index is 1.54. The SMILES string of the molecule is CC(NC(=O)c1cc(NC(=O)Nc2ccccc2F)ccc1N1CCCC1)c1ccccc1. The Kier molecular flexibility index (Phi) is 6.88. The van der Waals surface area contributed by atoms with Gasteiger partial charge in [-0.3, -0.25) is 4.79 Å². The maximum atomic E-state index is 13.8. The van der Waals surface area contributed by atoms with E-state index in [9.17, 15) is 14.0 Å². The first kappa shape index (κ1) is 22.3. The summed E-state index contributed by atoms with van der Waals surface area (Å²) in [5, 5.41) is 8.26.